The van der Waals surface area contributed by atoms with Gasteiger partial charge in [0.2, 0.25) is 5.13 Å². The van der Waals surface area contributed by atoms with Crippen molar-refractivity contribution in [2.75, 3.05) is 12.5 Å². The third-order valence-electron chi connectivity index (χ3n) is 4.22. The number of benzene rings is 3. The predicted molar refractivity (Wildman–Crippen MR) is 125 cm³/mol. The molecule has 0 aliphatic carbocycles. The summed E-state index contributed by atoms with van der Waals surface area (Å²) >= 11 is 13.9. The van der Waals surface area contributed by atoms with Crippen LogP contribution < -0.4 is 14.9 Å². The van der Waals surface area contributed by atoms with Crippen LogP contribution in [0.15, 0.2) is 65.8 Å². The molecule has 0 fully saturated rings. The number of nitrogens with zero attached hydrogens (tertiary/aromatic N) is 2. The van der Waals surface area contributed by atoms with E-state index in [2.05, 4.69) is 15.5 Å². The van der Waals surface area contributed by atoms with E-state index < -0.39 is 0 Å². The molecule has 152 valence electrons. The van der Waals surface area contributed by atoms with Gasteiger partial charge in [0.15, 0.2) is 11.5 Å². The molecule has 4 aromatic rings. The standard InChI is InChI=1S/C22H17Cl2N3O2S/c1-28-19-11-15(12-25-27-22-26-18-4-2-3-5-20(18)30-22)10-17(24)21(19)29-13-14-6-8-16(23)9-7-14/h2-12H,13H2,1H3,(H,26,27)/b25-12-. The second-order valence-corrected chi connectivity index (χ2v) is 8.18. The van der Waals surface area contributed by atoms with E-state index in [-0.39, 0.29) is 0 Å². The number of hydrazone groups is 1. The van der Waals surface area contributed by atoms with Crippen molar-refractivity contribution in [3.8, 4) is 11.5 Å². The van der Waals surface area contributed by atoms with Gasteiger partial charge in [-0.1, -0.05) is 58.8 Å². The van der Waals surface area contributed by atoms with Crippen LogP contribution >= 0.6 is 34.5 Å². The molecular formula is C22H17Cl2N3O2S. The SMILES string of the molecule is COc1cc(/C=N\Nc2nc3ccccc3s2)cc(Cl)c1OCc1ccc(Cl)cc1. The van der Waals surface area contributed by atoms with E-state index in [4.69, 9.17) is 32.7 Å². The van der Waals surface area contributed by atoms with Gasteiger partial charge in [0.1, 0.15) is 6.61 Å². The van der Waals surface area contributed by atoms with Crippen molar-refractivity contribution in [2.45, 2.75) is 6.61 Å². The zero-order valence-electron chi connectivity index (χ0n) is 15.9. The van der Waals surface area contributed by atoms with Crippen LogP contribution in [0.3, 0.4) is 0 Å². The first kappa shape index (κ1) is 20.5. The van der Waals surface area contributed by atoms with Gasteiger partial charge in [-0.05, 0) is 47.5 Å². The fraction of sp³-hybridized carbons (Fsp3) is 0.0909. The van der Waals surface area contributed by atoms with Crippen molar-refractivity contribution in [3.05, 3.63) is 81.8 Å². The molecule has 1 heterocycles. The molecule has 0 radical (unpaired) electrons. The van der Waals surface area contributed by atoms with E-state index in [9.17, 15) is 0 Å². The van der Waals surface area contributed by atoms with Crippen molar-refractivity contribution < 1.29 is 9.47 Å². The summed E-state index contributed by atoms with van der Waals surface area (Å²) in [6.45, 7) is 0.347. The molecule has 0 aliphatic heterocycles. The number of ether oxygens (including phenoxy) is 2. The van der Waals surface area contributed by atoms with E-state index in [0.717, 1.165) is 21.3 Å². The van der Waals surface area contributed by atoms with Gasteiger partial charge in [-0.2, -0.15) is 5.10 Å². The van der Waals surface area contributed by atoms with Gasteiger partial charge >= 0.3 is 0 Å². The molecule has 0 saturated heterocycles. The molecule has 0 saturated carbocycles. The maximum atomic E-state index is 6.44. The minimum absolute atomic E-state index is 0.347. The zero-order valence-corrected chi connectivity index (χ0v) is 18.3. The Bertz CT molecular complexity index is 1160. The Hall–Kier alpha value is -2.80. The van der Waals surface area contributed by atoms with E-state index in [0.29, 0.717) is 33.3 Å². The molecule has 0 aliphatic rings. The predicted octanol–water partition coefficient (Wildman–Crippen LogP) is 6.64. The highest BCUT2D eigenvalue weighted by atomic mass is 35.5. The molecule has 3 aromatic carbocycles. The molecule has 1 N–H and O–H groups in total. The Morgan fingerprint density at radius 1 is 1.10 bits per heavy atom. The van der Waals surface area contributed by atoms with E-state index in [1.807, 2.05) is 54.6 Å². The van der Waals surface area contributed by atoms with Crippen molar-refractivity contribution >= 4 is 56.1 Å². The van der Waals surface area contributed by atoms with Crippen molar-refractivity contribution in [3.63, 3.8) is 0 Å². The number of hydrogen-bond acceptors (Lipinski definition) is 6. The first-order valence-corrected chi connectivity index (χ1v) is 10.6. The Morgan fingerprint density at radius 2 is 1.90 bits per heavy atom. The molecule has 30 heavy (non-hydrogen) atoms. The second kappa shape index (κ2) is 9.34. The lowest BCUT2D eigenvalue weighted by molar-refractivity contribution is 0.284. The number of rotatable bonds is 7. The van der Waals surface area contributed by atoms with Gasteiger partial charge in [-0.25, -0.2) is 4.98 Å². The van der Waals surface area contributed by atoms with Crippen molar-refractivity contribution in [1.82, 2.24) is 4.98 Å². The normalized spacial score (nSPS) is 11.2. The number of anilines is 1. The molecule has 5 nitrogen and oxygen atoms in total. The van der Waals surface area contributed by atoms with Crippen molar-refractivity contribution in [2.24, 2.45) is 5.10 Å². The maximum absolute atomic E-state index is 6.44. The first-order valence-electron chi connectivity index (χ1n) is 9.02. The van der Waals surface area contributed by atoms with Crippen molar-refractivity contribution in [1.29, 1.82) is 0 Å². The molecule has 1 aromatic heterocycles. The Balaban J connectivity index is 1.46. The van der Waals surface area contributed by atoms with Crippen LogP contribution in [0.2, 0.25) is 10.0 Å². The highest BCUT2D eigenvalue weighted by molar-refractivity contribution is 7.22. The summed E-state index contributed by atoms with van der Waals surface area (Å²) in [5.74, 6) is 1.00. The number of hydrogen-bond donors (Lipinski definition) is 1. The molecular weight excluding hydrogens is 441 g/mol. The smallest absolute Gasteiger partial charge is 0.204 e. The largest absolute Gasteiger partial charge is 0.493 e. The highest BCUT2D eigenvalue weighted by Crippen LogP contribution is 2.36. The number of halogens is 2. The summed E-state index contributed by atoms with van der Waals surface area (Å²) in [7, 11) is 1.57. The summed E-state index contributed by atoms with van der Waals surface area (Å²) < 4.78 is 12.4. The fourth-order valence-corrected chi connectivity index (χ4v) is 3.99. The van der Waals surface area contributed by atoms with Crippen LogP contribution in [0.25, 0.3) is 10.2 Å². The van der Waals surface area contributed by atoms with E-state index in [1.54, 1.807) is 19.4 Å². The third-order valence-corrected chi connectivity index (χ3v) is 5.69. The number of fused-ring (bicyclic) bond motifs is 1. The molecule has 0 spiro atoms. The van der Waals surface area contributed by atoms with Gasteiger partial charge in [-0.15, -0.1) is 0 Å². The quantitative estimate of drug-likeness (QED) is 0.249. The Morgan fingerprint density at radius 3 is 2.67 bits per heavy atom. The average molecular weight is 458 g/mol. The molecule has 0 unspecified atom stereocenters. The van der Waals surface area contributed by atoms with Crippen LogP contribution in [0.1, 0.15) is 11.1 Å². The van der Waals surface area contributed by atoms with Gasteiger partial charge in [0.25, 0.3) is 0 Å². The van der Waals surface area contributed by atoms with Gasteiger partial charge < -0.3 is 9.47 Å². The molecule has 0 atom stereocenters. The lowest BCUT2D eigenvalue weighted by Crippen LogP contribution is -1.99. The number of para-hydroxylation sites is 1. The van der Waals surface area contributed by atoms with Crippen LogP contribution in [-0.2, 0) is 6.61 Å². The molecule has 4 rings (SSSR count). The summed E-state index contributed by atoms with van der Waals surface area (Å²) in [5, 5.41) is 6.09. The van der Waals surface area contributed by atoms with Gasteiger partial charge in [0.05, 0.1) is 28.6 Å². The van der Waals surface area contributed by atoms with Crippen LogP contribution in [0.5, 0.6) is 11.5 Å². The minimum atomic E-state index is 0.347. The number of thiazole rings is 1. The summed E-state index contributed by atoms with van der Waals surface area (Å²) in [6, 6.07) is 18.9. The first-order chi connectivity index (χ1) is 14.6. The monoisotopic (exact) mass is 457 g/mol. The maximum Gasteiger partial charge on any atom is 0.204 e. The average Bonchev–Trinajstić information content (AvgIpc) is 3.16. The van der Waals surface area contributed by atoms with Crippen LogP contribution in [0.4, 0.5) is 5.13 Å². The lowest BCUT2D eigenvalue weighted by Gasteiger charge is -2.13. The number of aromatic nitrogens is 1. The van der Waals surface area contributed by atoms with E-state index >= 15 is 0 Å². The minimum Gasteiger partial charge on any atom is -0.493 e. The zero-order chi connectivity index (χ0) is 20.9. The Kier molecular flexibility index (Phi) is 6.38. The number of methoxy groups -OCH3 is 1. The summed E-state index contributed by atoms with van der Waals surface area (Å²) in [5.41, 5.74) is 5.64. The van der Waals surface area contributed by atoms with Gasteiger partial charge in [-0.3, -0.25) is 5.43 Å². The molecule has 0 amide bonds. The number of nitrogens with one attached hydrogen (secondary N) is 1. The topological polar surface area (TPSA) is 55.7 Å². The summed E-state index contributed by atoms with van der Waals surface area (Å²) in [4.78, 5) is 4.48. The Labute approximate surface area is 187 Å². The fourth-order valence-electron chi connectivity index (χ4n) is 2.77. The highest BCUT2D eigenvalue weighted by Gasteiger charge is 2.12. The molecule has 0 bridgehead atoms. The lowest BCUT2D eigenvalue weighted by atomic mass is 10.2. The second-order valence-electron chi connectivity index (χ2n) is 6.31. The molecule has 8 heteroatoms. The van der Waals surface area contributed by atoms with Crippen LogP contribution in [-0.4, -0.2) is 18.3 Å². The van der Waals surface area contributed by atoms with Crippen LogP contribution in [0, 0.1) is 0 Å². The summed E-state index contributed by atoms with van der Waals surface area (Å²) in [6.07, 6.45) is 1.66. The van der Waals surface area contributed by atoms with E-state index in [1.165, 1.54) is 11.3 Å². The van der Waals surface area contributed by atoms with Gasteiger partial charge in [0, 0.05) is 5.02 Å². The third kappa shape index (κ3) is 4.84.